The first-order chi connectivity index (χ1) is 8.54. The Bertz CT molecular complexity index is 553. The first kappa shape index (κ1) is 12.2. The molecule has 0 aliphatic heterocycles. The number of hydrogen-bond acceptors (Lipinski definition) is 4. The first-order valence-corrected chi connectivity index (χ1v) is 5.77. The molecule has 0 aliphatic rings. The molecule has 0 aliphatic carbocycles. The second kappa shape index (κ2) is 4.96. The maximum absolute atomic E-state index is 4.24. The molecule has 1 aromatic carbocycles. The smallest absolute Gasteiger partial charge is 0.230 e. The van der Waals surface area contributed by atoms with E-state index in [-0.39, 0.29) is 0 Å². The molecule has 4 heteroatoms. The Morgan fingerprint density at radius 2 is 1.56 bits per heavy atom. The summed E-state index contributed by atoms with van der Waals surface area (Å²) in [5.74, 6) is 2.00. The van der Waals surface area contributed by atoms with Crippen molar-refractivity contribution in [3.8, 4) is 0 Å². The summed E-state index contributed by atoms with van der Waals surface area (Å²) in [4.78, 5) is 12.6. The topological polar surface area (TPSA) is 50.7 Å². The van der Waals surface area contributed by atoms with Crippen molar-refractivity contribution in [2.45, 2.75) is 20.8 Å². The Morgan fingerprint density at radius 1 is 1.00 bits per heavy atom. The molecule has 0 unspecified atom stereocenters. The molecule has 0 bridgehead atoms. The van der Waals surface area contributed by atoms with Crippen LogP contribution in [0.4, 0.5) is 11.6 Å². The van der Waals surface area contributed by atoms with Gasteiger partial charge in [-0.1, -0.05) is 24.3 Å². The summed E-state index contributed by atoms with van der Waals surface area (Å²) in [6.45, 7) is 9.60. The Morgan fingerprint density at radius 3 is 2.06 bits per heavy atom. The van der Waals surface area contributed by atoms with Crippen LogP contribution in [0.3, 0.4) is 0 Å². The molecule has 0 spiro atoms. The van der Waals surface area contributed by atoms with Crippen LogP contribution >= 0.6 is 0 Å². The van der Waals surface area contributed by atoms with E-state index < -0.39 is 0 Å². The quantitative estimate of drug-likeness (QED) is 0.894. The van der Waals surface area contributed by atoms with E-state index in [1.54, 1.807) is 0 Å². The van der Waals surface area contributed by atoms with Crippen molar-refractivity contribution in [3.05, 3.63) is 48.1 Å². The molecular weight excluding hydrogens is 224 g/mol. The second-order valence-corrected chi connectivity index (χ2v) is 4.24. The second-order valence-electron chi connectivity index (χ2n) is 4.24. The number of aromatic nitrogens is 3. The van der Waals surface area contributed by atoms with E-state index in [9.17, 15) is 0 Å². The highest BCUT2D eigenvalue weighted by Crippen LogP contribution is 2.17. The van der Waals surface area contributed by atoms with Gasteiger partial charge in [0.05, 0.1) is 0 Å². The van der Waals surface area contributed by atoms with E-state index >= 15 is 0 Å². The summed E-state index contributed by atoms with van der Waals surface area (Å²) in [6.07, 6.45) is 0. The molecule has 0 fully saturated rings. The SMILES string of the molecule is C=C(C)c1ccc(Nc2nc(C)nc(C)n2)cc1. The van der Waals surface area contributed by atoms with Gasteiger partial charge >= 0.3 is 0 Å². The fraction of sp³-hybridized carbons (Fsp3) is 0.214. The maximum Gasteiger partial charge on any atom is 0.230 e. The monoisotopic (exact) mass is 240 g/mol. The lowest BCUT2D eigenvalue weighted by molar-refractivity contribution is 0.928. The Kier molecular flexibility index (Phi) is 3.37. The largest absolute Gasteiger partial charge is 0.324 e. The van der Waals surface area contributed by atoms with Crippen LogP contribution in [-0.4, -0.2) is 15.0 Å². The van der Waals surface area contributed by atoms with Gasteiger partial charge in [0.1, 0.15) is 11.6 Å². The highest BCUT2D eigenvalue weighted by Gasteiger charge is 2.01. The van der Waals surface area contributed by atoms with Crippen molar-refractivity contribution in [2.75, 3.05) is 5.32 Å². The zero-order valence-electron chi connectivity index (χ0n) is 10.9. The number of aryl methyl sites for hydroxylation is 2. The standard InChI is InChI=1S/C14H16N4/c1-9(2)12-5-7-13(8-6-12)18-14-16-10(3)15-11(4)17-14/h5-8H,1H2,2-4H3,(H,15,16,17,18). The van der Waals surface area contributed by atoms with E-state index in [1.807, 2.05) is 45.0 Å². The van der Waals surface area contributed by atoms with E-state index in [4.69, 9.17) is 0 Å². The summed E-state index contributed by atoms with van der Waals surface area (Å²) >= 11 is 0. The molecule has 92 valence electrons. The van der Waals surface area contributed by atoms with Gasteiger partial charge in [-0.3, -0.25) is 0 Å². The molecule has 1 N–H and O–H groups in total. The average molecular weight is 240 g/mol. The fourth-order valence-electron chi connectivity index (χ4n) is 1.64. The van der Waals surface area contributed by atoms with Gasteiger partial charge in [-0.2, -0.15) is 9.97 Å². The first-order valence-electron chi connectivity index (χ1n) is 5.77. The van der Waals surface area contributed by atoms with Crippen LogP contribution in [0.25, 0.3) is 5.57 Å². The van der Waals surface area contributed by atoms with E-state index in [0.717, 1.165) is 16.8 Å². The molecule has 1 aromatic heterocycles. The van der Waals surface area contributed by atoms with Crippen LogP contribution in [0.2, 0.25) is 0 Å². The number of rotatable bonds is 3. The minimum atomic E-state index is 0.572. The van der Waals surface area contributed by atoms with Crippen molar-refractivity contribution in [1.29, 1.82) is 0 Å². The normalized spacial score (nSPS) is 10.2. The molecule has 0 saturated carbocycles. The molecule has 0 atom stereocenters. The highest BCUT2D eigenvalue weighted by molar-refractivity contribution is 5.64. The minimum absolute atomic E-state index is 0.572. The van der Waals surface area contributed by atoms with E-state index in [0.29, 0.717) is 17.6 Å². The summed E-state index contributed by atoms with van der Waals surface area (Å²) in [5.41, 5.74) is 3.13. The number of nitrogens with one attached hydrogen (secondary N) is 1. The van der Waals surface area contributed by atoms with E-state index in [1.165, 1.54) is 0 Å². The maximum atomic E-state index is 4.24. The van der Waals surface area contributed by atoms with Crippen molar-refractivity contribution in [3.63, 3.8) is 0 Å². The molecule has 18 heavy (non-hydrogen) atoms. The van der Waals surface area contributed by atoms with Gasteiger partial charge in [-0.15, -0.1) is 0 Å². The van der Waals surface area contributed by atoms with Crippen molar-refractivity contribution in [2.24, 2.45) is 0 Å². The average Bonchev–Trinajstić information content (AvgIpc) is 2.28. The number of hydrogen-bond donors (Lipinski definition) is 1. The number of allylic oxidation sites excluding steroid dienone is 1. The van der Waals surface area contributed by atoms with Gasteiger partial charge in [0.2, 0.25) is 5.95 Å². The molecule has 1 heterocycles. The van der Waals surface area contributed by atoms with Crippen molar-refractivity contribution < 1.29 is 0 Å². The lowest BCUT2D eigenvalue weighted by atomic mass is 10.1. The minimum Gasteiger partial charge on any atom is -0.324 e. The van der Waals surface area contributed by atoms with Gasteiger partial charge in [-0.05, 0) is 38.5 Å². The summed E-state index contributed by atoms with van der Waals surface area (Å²) in [7, 11) is 0. The summed E-state index contributed by atoms with van der Waals surface area (Å²) in [5, 5.41) is 3.16. The van der Waals surface area contributed by atoms with Crippen molar-refractivity contribution in [1.82, 2.24) is 15.0 Å². The third-order valence-corrected chi connectivity index (χ3v) is 2.49. The Balaban J connectivity index is 2.20. The zero-order valence-corrected chi connectivity index (χ0v) is 10.9. The third-order valence-electron chi connectivity index (χ3n) is 2.49. The zero-order chi connectivity index (χ0) is 13.1. The Labute approximate surface area is 107 Å². The molecule has 2 rings (SSSR count). The fourth-order valence-corrected chi connectivity index (χ4v) is 1.64. The number of nitrogens with zero attached hydrogens (tertiary/aromatic N) is 3. The van der Waals surface area contributed by atoms with Crippen molar-refractivity contribution >= 4 is 17.2 Å². The van der Waals surface area contributed by atoms with Crippen LogP contribution in [0, 0.1) is 13.8 Å². The van der Waals surface area contributed by atoms with Gasteiger partial charge in [0.15, 0.2) is 0 Å². The number of benzene rings is 1. The van der Waals surface area contributed by atoms with Gasteiger partial charge < -0.3 is 5.32 Å². The third kappa shape index (κ3) is 2.91. The van der Waals surface area contributed by atoms with Crippen LogP contribution in [-0.2, 0) is 0 Å². The number of anilines is 2. The summed E-state index contributed by atoms with van der Waals surface area (Å²) in [6, 6.07) is 8.01. The van der Waals surface area contributed by atoms with Gasteiger partial charge in [0.25, 0.3) is 0 Å². The van der Waals surface area contributed by atoms with Crippen LogP contribution in [0.1, 0.15) is 24.1 Å². The van der Waals surface area contributed by atoms with Gasteiger partial charge in [0, 0.05) is 5.69 Å². The van der Waals surface area contributed by atoms with E-state index in [2.05, 4.69) is 26.8 Å². The molecule has 0 amide bonds. The van der Waals surface area contributed by atoms with Gasteiger partial charge in [-0.25, -0.2) is 4.98 Å². The molecule has 0 radical (unpaired) electrons. The van der Waals surface area contributed by atoms with Crippen LogP contribution in [0.5, 0.6) is 0 Å². The molecule has 2 aromatic rings. The molecule has 4 nitrogen and oxygen atoms in total. The molecular formula is C14H16N4. The molecule has 0 saturated heterocycles. The highest BCUT2D eigenvalue weighted by atomic mass is 15.2. The lowest BCUT2D eigenvalue weighted by Gasteiger charge is -2.07. The van der Waals surface area contributed by atoms with Crippen LogP contribution < -0.4 is 5.32 Å². The van der Waals surface area contributed by atoms with Crippen LogP contribution in [0.15, 0.2) is 30.8 Å². The summed E-state index contributed by atoms with van der Waals surface area (Å²) < 4.78 is 0. The lowest BCUT2D eigenvalue weighted by Crippen LogP contribution is -2.02. The predicted molar refractivity (Wildman–Crippen MR) is 73.7 cm³/mol. The predicted octanol–water partition coefficient (Wildman–Crippen LogP) is 3.27. The Hall–Kier alpha value is -2.23.